The summed E-state index contributed by atoms with van der Waals surface area (Å²) in [7, 11) is 0. The number of hydrogen-bond donors (Lipinski definition) is 2. The first-order chi connectivity index (χ1) is 18.3. The molecule has 0 radical (unpaired) electrons. The molecule has 38 heavy (non-hydrogen) atoms. The number of rotatable bonds is 5. The van der Waals surface area contributed by atoms with Crippen molar-refractivity contribution >= 4 is 51.9 Å². The monoisotopic (exact) mass is 551 g/mol. The van der Waals surface area contributed by atoms with E-state index in [9.17, 15) is 9.59 Å². The molecule has 194 valence electrons. The number of aromatic amines is 1. The Morgan fingerprint density at radius 2 is 1.76 bits per heavy atom. The molecule has 12 heteroatoms. The Labute approximate surface area is 227 Å². The molecule has 1 atom stereocenters. The molecule has 0 unspecified atom stereocenters. The maximum Gasteiger partial charge on any atom is 0.233 e. The number of hydrogen-bond acceptors (Lipinski definition) is 8. The number of nitrogens with zero attached hydrogens (tertiary/aromatic N) is 5. The van der Waals surface area contributed by atoms with E-state index in [0.717, 1.165) is 16.5 Å². The van der Waals surface area contributed by atoms with E-state index in [1.165, 1.54) is 12.4 Å². The molecule has 2 aliphatic rings. The number of fused-ring (bicyclic) bond motifs is 1. The van der Waals surface area contributed by atoms with Crippen LogP contribution in [0.25, 0.3) is 22.2 Å². The number of aromatic nitrogens is 5. The number of carbonyl (C=O) groups is 2. The SMILES string of the molecule is C[C@@H](Oc1ccc2[nH]nc(-c3cnc(N4CCC5(CC4)CC(=O)NC5=O)nc3)c2c1)c1c(Cl)cncc1Cl. The Morgan fingerprint density at radius 1 is 1.05 bits per heavy atom. The summed E-state index contributed by atoms with van der Waals surface area (Å²) < 4.78 is 6.16. The fourth-order valence-corrected chi connectivity index (χ4v) is 5.87. The first kappa shape index (κ1) is 24.6. The average molecular weight is 552 g/mol. The number of piperidine rings is 1. The lowest BCUT2D eigenvalue weighted by molar-refractivity contribution is -0.129. The standard InChI is InChI=1S/C26H23Cl2N7O3/c1-14(22-18(27)12-29-13-19(22)28)38-16-2-3-20-17(8-16)23(34-33-20)15-10-30-25(31-11-15)35-6-4-26(5-7-35)9-21(36)32-24(26)37/h2-3,8,10-14H,4-7,9H2,1H3,(H,33,34)(H,32,36,37)/t14-/m1/s1. The molecular formula is C26H23Cl2N7O3. The van der Waals surface area contributed by atoms with Crippen LogP contribution < -0.4 is 15.0 Å². The summed E-state index contributed by atoms with van der Waals surface area (Å²) in [6.45, 7) is 3.09. The molecule has 1 spiro atoms. The molecule has 0 aliphatic carbocycles. The van der Waals surface area contributed by atoms with Crippen LogP contribution in [0.1, 0.15) is 37.9 Å². The van der Waals surface area contributed by atoms with Crippen LogP contribution in [0.2, 0.25) is 10.0 Å². The van der Waals surface area contributed by atoms with Gasteiger partial charge in [0, 0.05) is 60.8 Å². The van der Waals surface area contributed by atoms with Crippen LogP contribution >= 0.6 is 23.2 Å². The van der Waals surface area contributed by atoms with E-state index >= 15 is 0 Å². The molecule has 2 amide bonds. The lowest BCUT2D eigenvalue weighted by atomic mass is 9.77. The maximum atomic E-state index is 12.3. The molecule has 4 aromatic rings. The Balaban J connectivity index is 1.20. The zero-order valence-corrected chi connectivity index (χ0v) is 21.9. The first-order valence-corrected chi connectivity index (χ1v) is 12.9. The summed E-state index contributed by atoms with van der Waals surface area (Å²) in [5, 5.41) is 11.7. The third-order valence-corrected chi connectivity index (χ3v) is 7.90. The van der Waals surface area contributed by atoms with E-state index in [4.69, 9.17) is 27.9 Å². The Hall–Kier alpha value is -3.76. The van der Waals surface area contributed by atoms with Crippen molar-refractivity contribution in [3.8, 4) is 17.0 Å². The van der Waals surface area contributed by atoms with Crippen molar-refractivity contribution in [2.45, 2.75) is 32.3 Å². The Kier molecular flexibility index (Phi) is 6.16. The van der Waals surface area contributed by atoms with E-state index < -0.39 is 11.5 Å². The molecule has 0 bridgehead atoms. The second kappa shape index (κ2) is 9.52. The van der Waals surface area contributed by atoms with Crippen molar-refractivity contribution in [1.82, 2.24) is 30.5 Å². The maximum absolute atomic E-state index is 12.3. The van der Waals surface area contributed by atoms with Gasteiger partial charge < -0.3 is 9.64 Å². The van der Waals surface area contributed by atoms with Crippen LogP contribution in [0, 0.1) is 5.41 Å². The van der Waals surface area contributed by atoms with E-state index in [-0.39, 0.29) is 18.2 Å². The van der Waals surface area contributed by atoms with Gasteiger partial charge in [-0.05, 0) is 38.0 Å². The number of carbonyl (C=O) groups excluding carboxylic acids is 2. The third kappa shape index (κ3) is 4.33. The van der Waals surface area contributed by atoms with Crippen molar-refractivity contribution in [3.05, 3.63) is 58.6 Å². The van der Waals surface area contributed by atoms with Crippen molar-refractivity contribution in [3.63, 3.8) is 0 Å². The zero-order chi connectivity index (χ0) is 26.4. The molecule has 6 rings (SSSR count). The van der Waals surface area contributed by atoms with Crippen molar-refractivity contribution in [1.29, 1.82) is 0 Å². The number of nitrogens with one attached hydrogen (secondary N) is 2. The zero-order valence-electron chi connectivity index (χ0n) is 20.4. The van der Waals surface area contributed by atoms with Crippen LogP contribution in [0.3, 0.4) is 0 Å². The molecule has 2 fully saturated rings. The van der Waals surface area contributed by atoms with E-state index in [0.29, 0.717) is 58.9 Å². The smallest absolute Gasteiger partial charge is 0.233 e. The van der Waals surface area contributed by atoms with Crippen molar-refractivity contribution in [2.24, 2.45) is 5.41 Å². The number of benzene rings is 1. The van der Waals surface area contributed by atoms with Gasteiger partial charge in [-0.25, -0.2) is 9.97 Å². The lowest BCUT2D eigenvalue weighted by Crippen LogP contribution is -2.44. The predicted octanol–water partition coefficient (Wildman–Crippen LogP) is 4.49. The van der Waals surface area contributed by atoms with Gasteiger partial charge in [0.2, 0.25) is 17.8 Å². The van der Waals surface area contributed by atoms with Crippen LogP contribution in [0.4, 0.5) is 5.95 Å². The van der Waals surface area contributed by atoms with Gasteiger partial charge in [0.05, 0.1) is 21.0 Å². The average Bonchev–Trinajstić information content (AvgIpc) is 3.44. The minimum Gasteiger partial charge on any atom is -0.486 e. The van der Waals surface area contributed by atoms with Gasteiger partial charge in [0.15, 0.2) is 0 Å². The van der Waals surface area contributed by atoms with Gasteiger partial charge in [-0.15, -0.1) is 0 Å². The fourth-order valence-electron chi connectivity index (χ4n) is 5.20. The van der Waals surface area contributed by atoms with Gasteiger partial charge in [-0.1, -0.05) is 23.2 Å². The highest BCUT2D eigenvalue weighted by Gasteiger charge is 2.48. The number of H-pyrrole nitrogens is 1. The van der Waals surface area contributed by atoms with Gasteiger partial charge >= 0.3 is 0 Å². The van der Waals surface area contributed by atoms with Crippen molar-refractivity contribution in [2.75, 3.05) is 18.0 Å². The lowest BCUT2D eigenvalue weighted by Gasteiger charge is -2.36. The summed E-state index contributed by atoms with van der Waals surface area (Å²) in [5.74, 6) is 0.861. The molecule has 1 aromatic carbocycles. The van der Waals surface area contributed by atoms with E-state index in [1.54, 1.807) is 12.4 Å². The highest BCUT2D eigenvalue weighted by Crippen LogP contribution is 2.39. The third-order valence-electron chi connectivity index (χ3n) is 7.29. The number of halogens is 2. The molecule has 0 saturated carbocycles. The van der Waals surface area contributed by atoms with E-state index in [1.807, 2.05) is 30.0 Å². The van der Waals surface area contributed by atoms with Gasteiger partial charge in [-0.3, -0.25) is 25.0 Å². The van der Waals surface area contributed by atoms with Crippen LogP contribution in [-0.4, -0.2) is 50.1 Å². The van der Waals surface area contributed by atoms with Gasteiger partial charge in [0.1, 0.15) is 17.5 Å². The molecule has 2 saturated heterocycles. The number of pyridine rings is 1. The number of anilines is 1. The Morgan fingerprint density at radius 3 is 2.42 bits per heavy atom. The largest absolute Gasteiger partial charge is 0.486 e. The Bertz CT molecular complexity index is 1530. The van der Waals surface area contributed by atoms with E-state index in [2.05, 4.69) is 30.5 Å². The fraction of sp³-hybridized carbons (Fsp3) is 0.308. The summed E-state index contributed by atoms with van der Waals surface area (Å²) in [6.07, 6.45) is 7.61. The molecule has 2 N–H and O–H groups in total. The van der Waals surface area contributed by atoms with Crippen LogP contribution in [-0.2, 0) is 9.59 Å². The number of ether oxygens (including phenoxy) is 1. The molecule has 10 nitrogen and oxygen atoms in total. The highest BCUT2D eigenvalue weighted by molar-refractivity contribution is 6.35. The summed E-state index contributed by atoms with van der Waals surface area (Å²) in [6, 6.07) is 5.65. The van der Waals surface area contributed by atoms with Crippen LogP contribution in [0.15, 0.2) is 43.0 Å². The molecule has 3 aromatic heterocycles. The second-order valence-electron chi connectivity index (χ2n) is 9.65. The molecule has 5 heterocycles. The minimum atomic E-state index is -0.590. The van der Waals surface area contributed by atoms with Gasteiger partial charge in [-0.2, -0.15) is 5.10 Å². The summed E-state index contributed by atoms with van der Waals surface area (Å²) >= 11 is 12.6. The summed E-state index contributed by atoms with van der Waals surface area (Å²) in [5.41, 5.74) is 2.37. The van der Waals surface area contributed by atoms with Crippen molar-refractivity contribution < 1.29 is 14.3 Å². The quantitative estimate of drug-likeness (QED) is 0.347. The highest BCUT2D eigenvalue weighted by atomic mass is 35.5. The predicted molar refractivity (Wildman–Crippen MR) is 142 cm³/mol. The first-order valence-electron chi connectivity index (χ1n) is 12.2. The molecular weight excluding hydrogens is 529 g/mol. The van der Waals surface area contributed by atoms with Crippen LogP contribution in [0.5, 0.6) is 5.75 Å². The minimum absolute atomic E-state index is 0.159. The molecule has 2 aliphatic heterocycles. The normalized spacial score (nSPS) is 17.7. The summed E-state index contributed by atoms with van der Waals surface area (Å²) in [4.78, 5) is 39.1. The second-order valence-corrected chi connectivity index (χ2v) is 10.5. The number of amides is 2. The topological polar surface area (TPSA) is 126 Å². The van der Waals surface area contributed by atoms with Gasteiger partial charge in [0.25, 0.3) is 0 Å². The number of imide groups is 1.